The first-order valence-corrected chi connectivity index (χ1v) is 7.00. The van der Waals surface area contributed by atoms with Crippen LogP contribution >= 0.6 is 0 Å². The number of nitrogens with zero attached hydrogens (tertiary/aromatic N) is 1. The molecule has 1 amide bonds. The standard InChI is InChI=1S/C17H18N2O/c20-17-15(13-14-7-3-1-4-8-14)11-12-19(18-17)16-9-5-2-6-10-16/h1-10,15H,11-13H2,(H,18,20). The minimum absolute atomic E-state index is 0.0670. The van der Waals surface area contributed by atoms with E-state index >= 15 is 0 Å². The Morgan fingerprint density at radius 3 is 2.30 bits per heavy atom. The molecule has 3 rings (SSSR count). The Labute approximate surface area is 119 Å². The molecule has 2 aromatic carbocycles. The number of benzene rings is 2. The zero-order chi connectivity index (χ0) is 13.8. The summed E-state index contributed by atoms with van der Waals surface area (Å²) in [6, 6.07) is 20.2. The van der Waals surface area contributed by atoms with Crippen LogP contribution < -0.4 is 10.4 Å². The summed E-state index contributed by atoms with van der Waals surface area (Å²) < 4.78 is 0. The Kier molecular flexibility index (Phi) is 3.68. The molecule has 1 saturated heterocycles. The lowest BCUT2D eigenvalue weighted by Gasteiger charge is -2.33. The van der Waals surface area contributed by atoms with Crippen molar-refractivity contribution in [2.75, 3.05) is 11.6 Å². The first-order chi connectivity index (χ1) is 9.83. The van der Waals surface area contributed by atoms with Crippen molar-refractivity contribution in [2.24, 2.45) is 5.92 Å². The third kappa shape index (κ3) is 2.82. The molecule has 0 aliphatic carbocycles. The molecule has 3 nitrogen and oxygen atoms in total. The summed E-state index contributed by atoms with van der Waals surface area (Å²) in [5.74, 6) is 0.182. The maximum atomic E-state index is 12.2. The van der Waals surface area contributed by atoms with E-state index in [9.17, 15) is 4.79 Å². The van der Waals surface area contributed by atoms with Gasteiger partial charge in [0, 0.05) is 12.5 Å². The summed E-state index contributed by atoms with van der Waals surface area (Å²) in [6.45, 7) is 0.854. The quantitative estimate of drug-likeness (QED) is 0.926. The molecule has 1 unspecified atom stereocenters. The van der Waals surface area contributed by atoms with Gasteiger partial charge in [-0.15, -0.1) is 0 Å². The number of carbonyl (C=O) groups excluding carboxylic acids is 1. The Morgan fingerprint density at radius 1 is 1.00 bits per heavy atom. The van der Waals surface area contributed by atoms with E-state index in [1.165, 1.54) is 5.56 Å². The number of hydrogen-bond donors (Lipinski definition) is 1. The predicted octanol–water partition coefficient (Wildman–Crippen LogP) is 2.79. The lowest BCUT2D eigenvalue weighted by atomic mass is 9.94. The molecular formula is C17H18N2O. The van der Waals surface area contributed by atoms with Gasteiger partial charge in [0.2, 0.25) is 5.91 Å². The van der Waals surface area contributed by atoms with Gasteiger partial charge in [0.25, 0.3) is 0 Å². The van der Waals surface area contributed by atoms with Crippen molar-refractivity contribution in [1.29, 1.82) is 0 Å². The van der Waals surface area contributed by atoms with E-state index in [1.807, 2.05) is 53.5 Å². The van der Waals surface area contributed by atoms with E-state index in [-0.39, 0.29) is 11.8 Å². The van der Waals surface area contributed by atoms with Crippen LogP contribution in [0.3, 0.4) is 0 Å². The molecule has 0 saturated carbocycles. The van der Waals surface area contributed by atoms with Crippen molar-refractivity contribution in [3.63, 3.8) is 0 Å². The molecule has 102 valence electrons. The molecule has 1 aliphatic rings. The topological polar surface area (TPSA) is 32.3 Å². The predicted molar refractivity (Wildman–Crippen MR) is 80.2 cm³/mol. The van der Waals surface area contributed by atoms with Crippen molar-refractivity contribution < 1.29 is 4.79 Å². The fourth-order valence-electron chi connectivity index (χ4n) is 2.59. The molecule has 0 spiro atoms. The highest BCUT2D eigenvalue weighted by atomic mass is 16.2. The van der Waals surface area contributed by atoms with Crippen molar-refractivity contribution in [3.8, 4) is 0 Å². The highest BCUT2D eigenvalue weighted by Crippen LogP contribution is 2.20. The van der Waals surface area contributed by atoms with Crippen molar-refractivity contribution in [2.45, 2.75) is 12.8 Å². The molecule has 1 atom stereocenters. The molecule has 1 fully saturated rings. The third-order valence-corrected chi connectivity index (χ3v) is 3.71. The fraction of sp³-hybridized carbons (Fsp3) is 0.235. The fourth-order valence-corrected chi connectivity index (χ4v) is 2.59. The van der Waals surface area contributed by atoms with Crippen molar-refractivity contribution in [1.82, 2.24) is 5.43 Å². The van der Waals surface area contributed by atoms with Crippen LogP contribution in [-0.4, -0.2) is 12.5 Å². The summed E-state index contributed by atoms with van der Waals surface area (Å²) in [5, 5.41) is 1.93. The SMILES string of the molecule is O=C1NN(c2ccccc2)CCC1Cc1ccccc1. The number of carbonyl (C=O) groups is 1. The van der Waals surface area contributed by atoms with Crippen LogP contribution in [0.25, 0.3) is 0 Å². The van der Waals surface area contributed by atoms with Gasteiger partial charge in [0.05, 0.1) is 5.69 Å². The highest BCUT2D eigenvalue weighted by molar-refractivity contribution is 5.81. The van der Waals surface area contributed by atoms with Gasteiger partial charge in [0.15, 0.2) is 0 Å². The highest BCUT2D eigenvalue weighted by Gasteiger charge is 2.26. The average molecular weight is 266 g/mol. The van der Waals surface area contributed by atoms with Crippen LogP contribution in [-0.2, 0) is 11.2 Å². The maximum absolute atomic E-state index is 12.2. The average Bonchev–Trinajstić information content (AvgIpc) is 2.51. The second-order valence-electron chi connectivity index (χ2n) is 5.14. The zero-order valence-corrected chi connectivity index (χ0v) is 11.3. The largest absolute Gasteiger partial charge is 0.286 e. The van der Waals surface area contributed by atoms with E-state index in [1.54, 1.807) is 0 Å². The summed E-state index contributed by atoms with van der Waals surface area (Å²) in [4.78, 5) is 12.2. The Morgan fingerprint density at radius 2 is 1.65 bits per heavy atom. The Bertz CT molecular complexity index is 568. The van der Waals surface area contributed by atoms with Crippen LogP contribution in [0.5, 0.6) is 0 Å². The maximum Gasteiger partial charge on any atom is 0.242 e. The molecular weight excluding hydrogens is 248 g/mol. The number of rotatable bonds is 3. The second kappa shape index (κ2) is 5.78. The van der Waals surface area contributed by atoms with E-state index in [0.29, 0.717) is 0 Å². The van der Waals surface area contributed by atoms with Crippen molar-refractivity contribution in [3.05, 3.63) is 66.2 Å². The number of nitrogens with one attached hydrogen (secondary N) is 1. The Hall–Kier alpha value is -2.29. The summed E-state index contributed by atoms with van der Waals surface area (Å²) in [7, 11) is 0. The molecule has 1 heterocycles. The number of hydrazine groups is 1. The van der Waals surface area contributed by atoms with Gasteiger partial charge < -0.3 is 0 Å². The molecule has 0 aromatic heterocycles. The van der Waals surface area contributed by atoms with Crippen LogP contribution in [0.2, 0.25) is 0 Å². The van der Waals surface area contributed by atoms with Crippen LogP contribution in [0, 0.1) is 5.92 Å². The van der Waals surface area contributed by atoms with Gasteiger partial charge in [-0.05, 0) is 30.5 Å². The lowest BCUT2D eigenvalue weighted by Crippen LogP contribution is -2.51. The molecule has 0 radical (unpaired) electrons. The lowest BCUT2D eigenvalue weighted by molar-refractivity contribution is -0.126. The molecule has 0 bridgehead atoms. The first-order valence-electron chi connectivity index (χ1n) is 7.00. The smallest absolute Gasteiger partial charge is 0.242 e. The van der Waals surface area contributed by atoms with Gasteiger partial charge in [-0.25, -0.2) is 0 Å². The summed E-state index contributed by atoms with van der Waals surface area (Å²) >= 11 is 0. The number of para-hydroxylation sites is 1. The molecule has 1 N–H and O–H groups in total. The minimum atomic E-state index is 0.0670. The van der Waals surface area contributed by atoms with E-state index in [2.05, 4.69) is 17.6 Å². The van der Waals surface area contributed by atoms with Crippen LogP contribution in [0.15, 0.2) is 60.7 Å². The van der Waals surface area contributed by atoms with E-state index in [4.69, 9.17) is 0 Å². The molecule has 3 heteroatoms. The Balaban J connectivity index is 1.64. The molecule has 2 aromatic rings. The van der Waals surface area contributed by atoms with E-state index < -0.39 is 0 Å². The zero-order valence-electron chi connectivity index (χ0n) is 11.3. The first kappa shape index (κ1) is 12.7. The normalized spacial score (nSPS) is 18.7. The van der Waals surface area contributed by atoms with Gasteiger partial charge in [-0.3, -0.25) is 15.2 Å². The number of hydrogen-bond acceptors (Lipinski definition) is 2. The van der Waals surface area contributed by atoms with E-state index in [0.717, 1.165) is 25.1 Å². The number of amides is 1. The molecule has 1 aliphatic heterocycles. The van der Waals surface area contributed by atoms with Gasteiger partial charge in [-0.1, -0.05) is 48.5 Å². The second-order valence-corrected chi connectivity index (χ2v) is 5.14. The van der Waals surface area contributed by atoms with Crippen LogP contribution in [0.1, 0.15) is 12.0 Å². The van der Waals surface area contributed by atoms with Crippen molar-refractivity contribution >= 4 is 11.6 Å². The third-order valence-electron chi connectivity index (χ3n) is 3.71. The monoisotopic (exact) mass is 266 g/mol. The summed E-state index contributed by atoms with van der Waals surface area (Å²) in [5.41, 5.74) is 5.26. The van der Waals surface area contributed by atoms with Gasteiger partial charge >= 0.3 is 0 Å². The van der Waals surface area contributed by atoms with Crippen LogP contribution in [0.4, 0.5) is 5.69 Å². The molecule has 20 heavy (non-hydrogen) atoms. The summed E-state index contributed by atoms with van der Waals surface area (Å²) in [6.07, 6.45) is 1.70. The van der Waals surface area contributed by atoms with Gasteiger partial charge in [-0.2, -0.15) is 0 Å². The van der Waals surface area contributed by atoms with Gasteiger partial charge in [0.1, 0.15) is 0 Å². The minimum Gasteiger partial charge on any atom is -0.286 e. The number of anilines is 1.